The Hall–Kier alpha value is -1.56. The third kappa shape index (κ3) is 4.88. The van der Waals surface area contributed by atoms with Crippen LogP contribution < -0.4 is 0 Å². The van der Waals surface area contributed by atoms with Crippen molar-refractivity contribution in [2.24, 2.45) is 0 Å². The molecule has 0 heteroatoms. The van der Waals surface area contributed by atoms with Crippen molar-refractivity contribution in [3.8, 4) is 0 Å². The molecule has 0 spiro atoms. The van der Waals surface area contributed by atoms with Gasteiger partial charge in [-0.1, -0.05) is 99.6 Å². The highest BCUT2D eigenvalue weighted by Gasteiger charge is 2.21. The monoisotopic (exact) mass is 378 g/mol. The van der Waals surface area contributed by atoms with Crippen molar-refractivity contribution in [1.82, 2.24) is 0 Å². The van der Waals surface area contributed by atoms with E-state index in [1.54, 1.807) is 22.3 Å². The molecule has 0 amide bonds. The Bertz CT molecular complexity index is 732. The SMILES string of the molecule is CC(C)c1cc(C(C)C)c(Cc2c(C(C)C)cccc2C(C)C)c(C(C)C)c1. The van der Waals surface area contributed by atoms with Crippen molar-refractivity contribution in [2.45, 2.75) is 105 Å². The van der Waals surface area contributed by atoms with Gasteiger partial charge in [0.2, 0.25) is 0 Å². The molecular formula is C28H42. The van der Waals surface area contributed by atoms with Gasteiger partial charge >= 0.3 is 0 Å². The minimum Gasteiger partial charge on any atom is -0.0617 e. The van der Waals surface area contributed by atoms with E-state index < -0.39 is 0 Å². The van der Waals surface area contributed by atoms with E-state index in [0.717, 1.165) is 6.42 Å². The van der Waals surface area contributed by atoms with Crippen LogP contribution in [0.1, 0.15) is 138 Å². The second-order valence-electron chi connectivity index (χ2n) is 10.0. The van der Waals surface area contributed by atoms with Gasteiger partial charge in [-0.15, -0.1) is 0 Å². The van der Waals surface area contributed by atoms with Crippen LogP contribution in [0.25, 0.3) is 0 Å². The Morgan fingerprint density at radius 1 is 0.500 bits per heavy atom. The zero-order chi connectivity index (χ0) is 21.2. The van der Waals surface area contributed by atoms with Crippen LogP contribution in [-0.2, 0) is 6.42 Å². The molecule has 2 aromatic carbocycles. The molecule has 28 heavy (non-hydrogen) atoms. The summed E-state index contributed by atoms with van der Waals surface area (Å²) in [7, 11) is 0. The van der Waals surface area contributed by atoms with E-state index in [1.165, 1.54) is 16.7 Å². The minimum absolute atomic E-state index is 0.542. The Morgan fingerprint density at radius 3 is 1.18 bits per heavy atom. The van der Waals surface area contributed by atoms with Crippen LogP contribution in [0.4, 0.5) is 0 Å². The van der Waals surface area contributed by atoms with E-state index in [-0.39, 0.29) is 0 Å². The number of rotatable bonds is 7. The molecule has 0 nitrogen and oxygen atoms in total. The number of hydrogen-bond donors (Lipinski definition) is 0. The zero-order valence-electron chi connectivity index (χ0n) is 20.0. The van der Waals surface area contributed by atoms with Gasteiger partial charge in [0.05, 0.1) is 0 Å². The maximum atomic E-state index is 2.49. The summed E-state index contributed by atoms with van der Waals surface area (Å²) in [4.78, 5) is 0. The molecular weight excluding hydrogens is 336 g/mol. The third-order valence-corrected chi connectivity index (χ3v) is 6.10. The van der Waals surface area contributed by atoms with Crippen LogP contribution in [0.5, 0.6) is 0 Å². The van der Waals surface area contributed by atoms with Gasteiger partial charge in [0.1, 0.15) is 0 Å². The standard InChI is InChI=1S/C28H42/c1-17(2)22-14-25(20(7)8)28(26(15-22)21(9)10)16-27-23(18(3)4)12-11-13-24(27)19(5)6/h11-15,17-21H,16H2,1-10H3. The van der Waals surface area contributed by atoms with Crippen LogP contribution in [0, 0.1) is 0 Å². The summed E-state index contributed by atoms with van der Waals surface area (Å²) in [5, 5.41) is 0. The van der Waals surface area contributed by atoms with Gasteiger partial charge in [0.15, 0.2) is 0 Å². The maximum absolute atomic E-state index is 2.49. The van der Waals surface area contributed by atoms with Crippen LogP contribution in [0.2, 0.25) is 0 Å². The first-order chi connectivity index (χ1) is 13.0. The highest BCUT2D eigenvalue weighted by atomic mass is 14.3. The molecule has 0 aliphatic heterocycles. The molecule has 0 aliphatic carbocycles. The van der Waals surface area contributed by atoms with E-state index in [0.29, 0.717) is 29.6 Å². The summed E-state index contributed by atoms with van der Waals surface area (Å²) < 4.78 is 0. The van der Waals surface area contributed by atoms with Gasteiger partial charge in [-0.05, 0) is 75.0 Å². The molecule has 0 aliphatic rings. The Labute approximate surface area is 174 Å². The molecule has 0 aromatic heterocycles. The average Bonchev–Trinajstić information content (AvgIpc) is 2.60. The largest absolute Gasteiger partial charge is 0.0617 e. The van der Waals surface area contributed by atoms with Crippen molar-refractivity contribution in [1.29, 1.82) is 0 Å². The lowest BCUT2D eigenvalue weighted by Gasteiger charge is -2.26. The molecule has 0 atom stereocenters. The van der Waals surface area contributed by atoms with Crippen LogP contribution in [0.15, 0.2) is 30.3 Å². The van der Waals surface area contributed by atoms with E-state index >= 15 is 0 Å². The van der Waals surface area contributed by atoms with Gasteiger partial charge in [0, 0.05) is 0 Å². The summed E-state index contributed by atoms with van der Waals surface area (Å²) >= 11 is 0. The Kier molecular flexibility index (Phi) is 7.54. The second kappa shape index (κ2) is 9.29. The lowest BCUT2D eigenvalue weighted by atomic mass is 9.79. The summed E-state index contributed by atoms with van der Waals surface area (Å²) in [5.74, 6) is 2.75. The molecule has 0 bridgehead atoms. The van der Waals surface area contributed by atoms with Crippen molar-refractivity contribution in [3.63, 3.8) is 0 Å². The third-order valence-electron chi connectivity index (χ3n) is 6.10. The first-order valence-corrected chi connectivity index (χ1v) is 11.3. The normalized spacial score (nSPS) is 12.2. The number of hydrogen-bond acceptors (Lipinski definition) is 0. The first-order valence-electron chi connectivity index (χ1n) is 11.3. The van der Waals surface area contributed by atoms with E-state index in [2.05, 4.69) is 99.6 Å². The predicted octanol–water partition coefficient (Wildman–Crippen LogP) is 8.89. The molecule has 0 saturated carbocycles. The fourth-order valence-electron chi connectivity index (χ4n) is 4.40. The summed E-state index contributed by atoms with van der Waals surface area (Å²) in [6.45, 7) is 23.4. The smallest absolute Gasteiger partial charge is 0.00144 e. The van der Waals surface area contributed by atoms with E-state index in [1.807, 2.05) is 0 Å². The maximum Gasteiger partial charge on any atom is -0.00144 e. The molecule has 0 heterocycles. The second-order valence-corrected chi connectivity index (χ2v) is 10.0. The van der Waals surface area contributed by atoms with E-state index in [4.69, 9.17) is 0 Å². The Morgan fingerprint density at radius 2 is 0.857 bits per heavy atom. The van der Waals surface area contributed by atoms with Gasteiger partial charge in [0.25, 0.3) is 0 Å². The van der Waals surface area contributed by atoms with Crippen LogP contribution >= 0.6 is 0 Å². The first kappa shape index (κ1) is 22.7. The van der Waals surface area contributed by atoms with Crippen LogP contribution in [-0.4, -0.2) is 0 Å². The van der Waals surface area contributed by atoms with Gasteiger partial charge in [-0.2, -0.15) is 0 Å². The molecule has 0 unspecified atom stereocenters. The molecule has 0 fully saturated rings. The lowest BCUT2D eigenvalue weighted by molar-refractivity contribution is 0.768. The van der Waals surface area contributed by atoms with Gasteiger partial charge < -0.3 is 0 Å². The summed E-state index contributed by atoms with van der Waals surface area (Å²) in [6.07, 6.45) is 1.06. The molecule has 2 rings (SSSR count). The topological polar surface area (TPSA) is 0 Å². The Balaban J connectivity index is 2.76. The van der Waals surface area contributed by atoms with Crippen molar-refractivity contribution in [3.05, 3.63) is 69.3 Å². The predicted molar refractivity (Wildman–Crippen MR) is 126 cm³/mol. The fourth-order valence-corrected chi connectivity index (χ4v) is 4.40. The number of benzene rings is 2. The minimum atomic E-state index is 0.542. The quantitative estimate of drug-likeness (QED) is 0.451. The van der Waals surface area contributed by atoms with Crippen molar-refractivity contribution < 1.29 is 0 Å². The highest BCUT2D eigenvalue weighted by molar-refractivity contribution is 5.49. The molecule has 0 N–H and O–H groups in total. The van der Waals surface area contributed by atoms with Crippen molar-refractivity contribution in [2.75, 3.05) is 0 Å². The fraction of sp³-hybridized carbons (Fsp3) is 0.571. The summed E-state index contributed by atoms with van der Waals surface area (Å²) in [5.41, 5.74) is 10.7. The van der Waals surface area contributed by atoms with Crippen molar-refractivity contribution >= 4 is 0 Å². The highest BCUT2D eigenvalue weighted by Crippen LogP contribution is 2.37. The molecule has 2 aromatic rings. The average molecular weight is 379 g/mol. The van der Waals surface area contributed by atoms with Gasteiger partial charge in [-0.25, -0.2) is 0 Å². The summed E-state index contributed by atoms with van der Waals surface area (Å²) in [6, 6.07) is 11.9. The molecule has 0 radical (unpaired) electrons. The zero-order valence-corrected chi connectivity index (χ0v) is 20.0. The van der Waals surface area contributed by atoms with Gasteiger partial charge in [-0.3, -0.25) is 0 Å². The van der Waals surface area contributed by atoms with Crippen LogP contribution in [0.3, 0.4) is 0 Å². The van der Waals surface area contributed by atoms with E-state index in [9.17, 15) is 0 Å². The molecule has 154 valence electrons. The molecule has 0 saturated heterocycles. The lowest BCUT2D eigenvalue weighted by Crippen LogP contribution is -2.11.